The Morgan fingerprint density at radius 1 is 1.27 bits per heavy atom. The van der Waals surface area contributed by atoms with Crippen molar-refractivity contribution < 1.29 is 9.59 Å². The number of hydrogen-bond acceptors (Lipinski definition) is 6. The van der Waals surface area contributed by atoms with E-state index in [-0.39, 0.29) is 11.7 Å². The molecule has 1 aliphatic heterocycles. The number of primary amides is 1. The first-order chi connectivity index (χ1) is 12.6. The van der Waals surface area contributed by atoms with E-state index in [0.717, 1.165) is 40.6 Å². The average Bonchev–Trinajstić information content (AvgIpc) is 3.20. The minimum Gasteiger partial charge on any atom is -0.365 e. The van der Waals surface area contributed by atoms with Crippen molar-refractivity contribution >= 4 is 61.7 Å². The van der Waals surface area contributed by atoms with Gasteiger partial charge >= 0.3 is 0 Å². The van der Waals surface area contributed by atoms with Gasteiger partial charge in [0, 0.05) is 10.6 Å². The normalized spacial score (nSPS) is 15.2. The van der Waals surface area contributed by atoms with Crippen molar-refractivity contribution in [3.05, 3.63) is 45.8 Å². The Labute approximate surface area is 163 Å². The summed E-state index contributed by atoms with van der Waals surface area (Å²) >= 11 is 4.55. The van der Waals surface area contributed by atoms with Crippen LogP contribution < -0.4 is 11.1 Å². The number of thiophene rings is 1. The van der Waals surface area contributed by atoms with Gasteiger partial charge in [0.05, 0.1) is 17.0 Å². The molecule has 26 heavy (non-hydrogen) atoms. The smallest absolute Gasteiger partial charge is 0.251 e. The Balaban J connectivity index is 1.41. The molecule has 0 radical (unpaired) electrons. The fourth-order valence-electron chi connectivity index (χ4n) is 3.13. The molecule has 134 valence electrons. The molecule has 0 bridgehead atoms. The first-order valence-corrected chi connectivity index (χ1v) is 11.1. The Hall–Kier alpha value is -1.77. The van der Waals surface area contributed by atoms with Crippen molar-refractivity contribution in [3.63, 3.8) is 0 Å². The summed E-state index contributed by atoms with van der Waals surface area (Å²) in [5.41, 5.74) is 9.24. The Kier molecular flexibility index (Phi) is 5.06. The van der Waals surface area contributed by atoms with Crippen molar-refractivity contribution in [3.8, 4) is 0 Å². The quantitative estimate of drug-likeness (QED) is 0.810. The van der Waals surface area contributed by atoms with Gasteiger partial charge in [-0.05, 0) is 36.5 Å². The third-order valence-corrected chi connectivity index (χ3v) is 7.75. The maximum absolute atomic E-state index is 12.4. The van der Waals surface area contributed by atoms with E-state index in [4.69, 9.17) is 5.73 Å². The molecule has 1 aromatic carbocycles. The number of hydrogen-bond donors (Lipinski definition) is 2. The van der Waals surface area contributed by atoms with E-state index in [9.17, 15) is 9.59 Å². The standard InChI is InChI=1S/C18H17N3O2S3/c19-16(23)15-11-5-3-7-13(11)26-17(15)21-14(22)9-25-18-20-12-6-2-1-4-10(12)8-24-18/h1-2,4,6H,3,5,7-9H2,(H2,19,23)(H,21,22). The molecule has 2 aromatic rings. The SMILES string of the molecule is NC(=O)c1c(NC(=O)CSC2=Nc3ccccc3CS2)sc2c1CCC2. The summed E-state index contributed by atoms with van der Waals surface area (Å²) in [4.78, 5) is 29.9. The molecule has 0 atom stereocenters. The van der Waals surface area contributed by atoms with Gasteiger partial charge in [-0.1, -0.05) is 41.7 Å². The van der Waals surface area contributed by atoms with E-state index in [1.165, 1.54) is 33.5 Å². The molecule has 0 unspecified atom stereocenters. The summed E-state index contributed by atoms with van der Waals surface area (Å²) in [6.45, 7) is 0. The van der Waals surface area contributed by atoms with Gasteiger partial charge in [0.2, 0.25) is 5.91 Å². The topological polar surface area (TPSA) is 84.5 Å². The highest BCUT2D eigenvalue weighted by Gasteiger charge is 2.26. The minimum absolute atomic E-state index is 0.139. The molecule has 0 fully saturated rings. The predicted molar refractivity (Wildman–Crippen MR) is 111 cm³/mol. The molecule has 0 saturated carbocycles. The van der Waals surface area contributed by atoms with Crippen LogP contribution in [0.15, 0.2) is 29.3 Å². The lowest BCUT2D eigenvalue weighted by atomic mass is 10.1. The van der Waals surface area contributed by atoms with E-state index < -0.39 is 5.91 Å². The van der Waals surface area contributed by atoms with Gasteiger partial charge in [-0.3, -0.25) is 9.59 Å². The number of nitrogens with zero attached hydrogens (tertiary/aromatic N) is 1. The van der Waals surface area contributed by atoms with Crippen LogP contribution >= 0.6 is 34.9 Å². The molecule has 3 N–H and O–H groups in total. The van der Waals surface area contributed by atoms with Gasteiger partial charge in [0.25, 0.3) is 5.91 Å². The maximum Gasteiger partial charge on any atom is 0.251 e. The number of carbonyl (C=O) groups is 2. The highest BCUT2D eigenvalue weighted by Crippen LogP contribution is 2.39. The number of carbonyl (C=O) groups excluding carboxylic acids is 2. The van der Waals surface area contributed by atoms with E-state index in [0.29, 0.717) is 10.6 Å². The molecule has 2 amide bonds. The molecule has 0 saturated heterocycles. The van der Waals surface area contributed by atoms with E-state index in [1.54, 1.807) is 11.8 Å². The summed E-state index contributed by atoms with van der Waals surface area (Å²) in [5.74, 6) is 0.526. The van der Waals surface area contributed by atoms with E-state index in [2.05, 4.69) is 16.4 Å². The molecular weight excluding hydrogens is 386 g/mol. The van der Waals surface area contributed by atoms with Crippen molar-refractivity contribution in [1.82, 2.24) is 0 Å². The van der Waals surface area contributed by atoms with Crippen LogP contribution in [0.25, 0.3) is 0 Å². The summed E-state index contributed by atoms with van der Waals surface area (Å²) in [7, 11) is 0. The van der Waals surface area contributed by atoms with Gasteiger partial charge in [-0.15, -0.1) is 11.3 Å². The maximum atomic E-state index is 12.4. The summed E-state index contributed by atoms with van der Waals surface area (Å²) in [6, 6.07) is 8.03. The van der Waals surface area contributed by atoms with Crippen LogP contribution in [-0.4, -0.2) is 21.9 Å². The average molecular weight is 404 g/mol. The number of aliphatic imine (C=N–C) groups is 1. The van der Waals surface area contributed by atoms with Gasteiger partial charge in [-0.2, -0.15) is 0 Å². The van der Waals surface area contributed by atoms with E-state index in [1.807, 2.05) is 18.2 Å². The predicted octanol–water partition coefficient (Wildman–Crippen LogP) is 3.94. The Morgan fingerprint density at radius 2 is 2.12 bits per heavy atom. The second-order valence-electron chi connectivity index (χ2n) is 6.06. The van der Waals surface area contributed by atoms with Crippen LogP contribution in [0.1, 0.15) is 32.8 Å². The first-order valence-electron chi connectivity index (χ1n) is 8.28. The zero-order valence-electron chi connectivity index (χ0n) is 13.9. The number of thioether (sulfide) groups is 2. The number of amides is 2. The van der Waals surface area contributed by atoms with Gasteiger partial charge in [0.1, 0.15) is 9.38 Å². The number of anilines is 1. The number of rotatable bonds is 4. The van der Waals surface area contributed by atoms with E-state index >= 15 is 0 Å². The third kappa shape index (κ3) is 3.54. The van der Waals surface area contributed by atoms with Crippen molar-refractivity contribution in [2.24, 2.45) is 10.7 Å². The number of para-hydroxylation sites is 1. The molecular formula is C18H17N3O2S3. The molecule has 8 heteroatoms. The summed E-state index contributed by atoms with van der Waals surface area (Å²) in [5, 5.41) is 3.47. The molecule has 1 aromatic heterocycles. The van der Waals surface area contributed by atoms with Crippen molar-refractivity contribution in [1.29, 1.82) is 0 Å². The van der Waals surface area contributed by atoms with Gasteiger partial charge in [-0.25, -0.2) is 4.99 Å². The number of nitrogens with two attached hydrogens (primary N) is 1. The number of nitrogens with one attached hydrogen (secondary N) is 1. The first kappa shape index (κ1) is 17.6. The van der Waals surface area contributed by atoms with Crippen LogP contribution in [0.2, 0.25) is 0 Å². The lowest BCUT2D eigenvalue weighted by Gasteiger charge is -2.14. The second kappa shape index (κ2) is 7.46. The fourth-order valence-corrected chi connectivity index (χ4v) is 6.30. The number of benzene rings is 1. The number of aryl methyl sites for hydroxylation is 1. The third-order valence-electron chi connectivity index (χ3n) is 4.30. The highest BCUT2D eigenvalue weighted by atomic mass is 32.2. The molecule has 2 heterocycles. The van der Waals surface area contributed by atoms with Crippen molar-refractivity contribution in [2.45, 2.75) is 25.0 Å². The monoisotopic (exact) mass is 403 g/mol. The van der Waals surface area contributed by atoms with Crippen LogP contribution in [0, 0.1) is 0 Å². The fraction of sp³-hybridized carbons (Fsp3) is 0.278. The summed E-state index contributed by atoms with van der Waals surface area (Å²) in [6.07, 6.45) is 2.86. The molecule has 1 aliphatic carbocycles. The molecule has 5 nitrogen and oxygen atoms in total. The van der Waals surface area contributed by atoms with Crippen LogP contribution in [0.3, 0.4) is 0 Å². The zero-order chi connectivity index (χ0) is 18.1. The second-order valence-corrected chi connectivity index (χ2v) is 9.35. The van der Waals surface area contributed by atoms with Crippen molar-refractivity contribution in [2.75, 3.05) is 11.1 Å². The Morgan fingerprint density at radius 3 is 2.96 bits per heavy atom. The highest BCUT2D eigenvalue weighted by molar-refractivity contribution is 8.38. The molecule has 2 aliphatic rings. The molecule has 0 spiro atoms. The van der Waals surface area contributed by atoms with Crippen LogP contribution in [0.5, 0.6) is 0 Å². The lowest BCUT2D eigenvalue weighted by molar-refractivity contribution is -0.113. The number of fused-ring (bicyclic) bond motifs is 2. The van der Waals surface area contributed by atoms with Gasteiger partial charge in [0.15, 0.2) is 0 Å². The minimum atomic E-state index is -0.462. The molecule has 4 rings (SSSR count). The Bertz CT molecular complexity index is 920. The largest absolute Gasteiger partial charge is 0.365 e. The zero-order valence-corrected chi connectivity index (χ0v) is 16.4. The summed E-state index contributed by atoms with van der Waals surface area (Å²) < 4.78 is 0.891. The van der Waals surface area contributed by atoms with Crippen LogP contribution in [-0.2, 0) is 23.4 Å². The van der Waals surface area contributed by atoms with Crippen LogP contribution in [0.4, 0.5) is 10.7 Å². The van der Waals surface area contributed by atoms with Gasteiger partial charge < -0.3 is 11.1 Å². The lowest BCUT2D eigenvalue weighted by Crippen LogP contribution is -2.19.